The van der Waals surface area contributed by atoms with Crippen LogP contribution in [0.15, 0.2) is 12.1 Å². The van der Waals surface area contributed by atoms with Gasteiger partial charge in [-0.1, -0.05) is 11.6 Å². The van der Waals surface area contributed by atoms with Gasteiger partial charge in [-0.05, 0) is 12.1 Å². The summed E-state index contributed by atoms with van der Waals surface area (Å²) in [7, 11) is 0. The monoisotopic (exact) mass is 244 g/mol. The Morgan fingerprint density at radius 1 is 1.53 bits per heavy atom. The zero-order valence-electron chi connectivity index (χ0n) is 7.86. The van der Waals surface area contributed by atoms with Crippen LogP contribution in [0.4, 0.5) is 0 Å². The molecule has 1 saturated heterocycles. The summed E-state index contributed by atoms with van der Waals surface area (Å²) in [4.78, 5) is 23.9. The predicted molar refractivity (Wildman–Crippen MR) is 57.6 cm³/mol. The number of ketones is 2. The topological polar surface area (TPSA) is 43.4 Å². The molecule has 1 aliphatic heterocycles. The summed E-state index contributed by atoms with van der Waals surface area (Å²) in [5.41, 5.74) is 0. The maximum absolute atomic E-state index is 11.9. The minimum Gasteiger partial charge on any atom is -0.380 e. The highest BCUT2D eigenvalue weighted by atomic mass is 35.5. The molecule has 0 N–H and O–H groups in total. The Morgan fingerprint density at radius 2 is 2.33 bits per heavy atom. The van der Waals surface area contributed by atoms with Gasteiger partial charge >= 0.3 is 0 Å². The average Bonchev–Trinajstić information content (AvgIpc) is 2.65. The van der Waals surface area contributed by atoms with Gasteiger partial charge in [0.1, 0.15) is 11.7 Å². The van der Waals surface area contributed by atoms with Crippen LogP contribution in [0.1, 0.15) is 16.1 Å². The molecule has 0 saturated carbocycles. The van der Waals surface area contributed by atoms with E-state index in [1.165, 1.54) is 11.3 Å². The fourth-order valence-corrected chi connectivity index (χ4v) is 2.52. The predicted octanol–water partition coefficient (Wildman–Crippen LogP) is 2.19. The Labute approximate surface area is 96.0 Å². The summed E-state index contributed by atoms with van der Waals surface area (Å²) in [6.07, 6.45) is 0.329. The van der Waals surface area contributed by atoms with Crippen LogP contribution >= 0.6 is 22.9 Å². The highest BCUT2D eigenvalue weighted by Gasteiger charge is 2.31. The largest absolute Gasteiger partial charge is 0.380 e. The standard InChI is InChI=1S/C10H9ClO3S/c11-9-2-1-8(15-9)10(13)6-5-14-4-3-7(6)12/h1-2,6H,3-5H2. The zero-order chi connectivity index (χ0) is 10.8. The molecule has 80 valence electrons. The quantitative estimate of drug-likeness (QED) is 0.592. The molecule has 1 aliphatic rings. The summed E-state index contributed by atoms with van der Waals surface area (Å²) in [6.45, 7) is 0.626. The first kappa shape index (κ1) is 10.8. The fraction of sp³-hybridized carbons (Fsp3) is 0.400. The van der Waals surface area contributed by atoms with E-state index in [0.29, 0.717) is 22.2 Å². The van der Waals surface area contributed by atoms with Crippen molar-refractivity contribution in [1.29, 1.82) is 0 Å². The number of halogens is 1. The van der Waals surface area contributed by atoms with Crippen LogP contribution in [-0.4, -0.2) is 24.8 Å². The average molecular weight is 245 g/mol. The van der Waals surface area contributed by atoms with Gasteiger partial charge < -0.3 is 4.74 Å². The Hall–Kier alpha value is -0.710. The van der Waals surface area contributed by atoms with Crippen molar-refractivity contribution >= 4 is 34.5 Å². The maximum atomic E-state index is 11.9. The molecular weight excluding hydrogens is 236 g/mol. The Balaban J connectivity index is 2.16. The summed E-state index contributed by atoms with van der Waals surface area (Å²) >= 11 is 6.93. The van der Waals surface area contributed by atoms with Crippen molar-refractivity contribution in [2.45, 2.75) is 6.42 Å². The second-order valence-corrected chi connectivity index (χ2v) is 5.03. The Morgan fingerprint density at radius 3 is 2.93 bits per heavy atom. The summed E-state index contributed by atoms with van der Waals surface area (Å²) in [5, 5.41) is 0. The van der Waals surface area contributed by atoms with E-state index in [1.807, 2.05) is 0 Å². The first-order valence-corrected chi connectivity index (χ1v) is 5.78. The molecule has 3 nitrogen and oxygen atoms in total. The zero-order valence-corrected chi connectivity index (χ0v) is 9.44. The van der Waals surface area contributed by atoms with Gasteiger partial charge in [-0.25, -0.2) is 0 Å². The molecular formula is C10H9ClO3S. The van der Waals surface area contributed by atoms with Crippen LogP contribution in [0, 0.1) is 5.92 Å². The third-order valence-electron chi connectivity index (χ3n) is 2.30. The van der Waals surface area contributed by atoms with Crippen LogP contribution in [-0.2, 0) is 9.53 Å². The third kappa shape index (κ3) is 2.27. The van der Waals surface area contributed by atoms with E-state index in [9.17, 15) is 9.59 Å². The van der Waals surface area contributed by atoms with Crippen LogP contribution in [0.25, 0.3) is 0 Å². The van der Waals surface area contributed by atoms with Crippen molar-refractivity contribution in [2.75, 3.05) is 13.2 Å². The van der Waals surface area contributed by atoms with Gasteiger partial charge in [0, 0.05) is 6.42 Å². The number of carbonyl (C=O) groups excluding carboxylic acids is 2. The van der Waals surface area contributed by atoms with E-state index in [0.717, 1.165) is 0 Å². The van der Waals surface area contributed by atoms with Gasteiger partial charge in [-0.15, -0.1) is 11.3 Å². The van der Waals surface area contributed by atoms with E-state index in [1.54, 1.807) is 12.1 Å². The Kier molecular flexibility index (Phi) is 3.19. The lowest BCUT2D eigenvalue weighted by molar-refractivity contribution is -0.128. The molecule has 0 aliphatic carbocycles. The minimum atomic E-state index is -0.631. The molecule has 1 aromatic rings. The number of rotatable bonds is 2. The van der Waals surface area contributed by atoms with E-state index in [4.69, 9.17) is 16.3 Å². The van der Waals surface area contributed by atoms with E-state index in [-0.39, 0.29) is 18.2 Å². The number of hydrogen-bond acceptors (Lipinski definition) is 4. The molecule has 1 unspecified atom stereocenters. The molecule has 5 heteroatoms. The molecule has 1 atom stereocenters. The van der Waals surface area contributed by atoms with Crippen LogP contribution < -0.4 is 0 Å². The van der Waals surface area contributed by atoms with Gasteiger partial charge in [0.25, 0.3) is 0 Å². The first-order valence-electron chi connectivity index (χ1n) is 4.58. The highest BCUT2D eigenvalue weighted by Crippen LogP contribution is 2.25. The number of ether oxygens (including phenoxy) is 1. The lowest BCUT2D eigenvalue weighted by Gasteiger charge is -2.18. The highest BCUT2D eigenvalue weighted by molar-refractivity contribution is 7.18. The number of carbonyl (C=O) groups is 2. The molecule has 1 aromatic heterocycles. The number of Topliss-reactive ketones (excluding diaryl/α,β-unsaturated/α-hetero) is 2. The van der Waals surface area contributed by atoms with Crippen LogP contribution in [0.2, 0.25) is 4.34 Å². The summed E-state index contributed by atoms with van der Waals surface area (Å²) in [6, 6.07) is 3.31. The summed E-state index contributed by atoms with van der Waals surface area (Å²) < 4.78 is 5.69. The second-order valence-electron chi connectivity index (χ2n) is 3.31. The Bertz CT molecular complexity index is 399. The van der Waals surface area contributed by atoms with E-state index < -0.39 is 5.92 Å². The van der Waals surface area contributed by atoms with Gasteiger partial charge in [0.05, 0.1) is 22.4 Å². The third-order valence-corrected chi connectivity index (χ3v) is 3.54. The van der Waals surface area contributed by atoms with Crippen molar-refractivity contribution in [2.24, 2.45) is 5.92 Å². The van der Waals surface area contributed by atoms with Crippen molar-refractivity contribution in [3.63, 3.8) is 0 Å². The molecule has 0 aromatic carbocycles. The van der Waals surface area contributed by atoms with E-state index in [2.05, 4.69) is 0 Å². The summed E-state index contributed by atoms with van der Waals surface area (Å²) in [5.74, 6) is -0.833. The lowest BCUT2D eigenvalue weighted by Crippen LogP contribution is -2.33. The molecule has 0 bridgehead atoms. The minimum absolute atomic E-state index is 0.0317. The SMILES string of the molecule is O=C1CCOCC1C(=O)c1ccc(Cl)s1. The first-order chi connectivity index (χ1) is 7.18. The molecule has 15 heavy (non-hydrogen) atoms. The maximum Gasteiger partial charge on any atom is 0.185 e. The second kappa shape index (κ2) is 4.43. The van der Waals surface area contributed by atoms with Crippen molar-refractivity contribution < 1.29 is 14.3 Å². The lowest BCUT2D eigenvalue weighted by atomic mass is 9.95. The van der Waals surface area contributed by atoms with Gasteiger partial charge in [-0.2, -0.15) is 0 Å². The van der Waals surface area contributed by atoms with Crippen molar-refractivity contribution in [3.05, 3.63) is 21.3 Å². The fourth-order valence-electron chi connectivity index (χ4n) is 1.48. The number of thiophene rings is 1. The van der Waals surface area contributed by atoms with Crippen molar-refractivity contribution in [1.82, 2.24) is 0 Å². The molecule has 2 heterocycles. The normalized spacial score (nSPS) is 21.7. The molecule has 1 fully saturated rings. The number of hydrogen-bond donors (Lipinski definition) is 0. The smallest absolute Gasteiger partial charge is 0.185 e. The van der Waals surface area contributed by atoms with Crippen LogP contribution in [0.5, 0.6) is 0 Å². The van der Waals surface area contributed by atoms with Gasteiger partial charge in [0.2, 0.25) is 0 Å². The molecule has 2 rings (SSSR count). The molecule has 0 spiro atoms. The molecule has 0 radical (unpaired) electrons. The van der Waals surface area contributed by atoms with Gasteiger partial charge in [0.15, 0.2) is 5.78 Å². The van der Waals surface area contributed by atoms with E-state index >= 15 is 0 Å². The van der Waals surface area contributed by atoms with Crippen LogP contribution in [0.3, 0.4) is 0 Å². The van der Waals surface area contributed by atoms with Crippen molar-refractivity contribution in [3.8, 4) is 0 Å². The van der Waals surface area contributed by atoms with Gasteiger partial charge in [-0.3, -0.25) is 9.59 Å². The molecule has 0 amide bonds.